The van der Waals surface area contributed by atoms with E-state index in [1.54, 1.807) is 13.8 Å². The number of hydrogen-bond acceptors (Lipinski definition) is 7. The normalized spacial score (nSPS) is 16.7. The van der Waals surface area contributed by atoms with Crippen LogP contribution in [0.1, 0.15) is 39.8 Å². The van der Waals surface area contributed by atoms with Gasteiger partial charge in [0.15, 0.2) is 17.4 Å². The molecule has 2 aliphatic rings. The van der Waals surface area contributed by atoms with E-state index in [1.807, 2.05) is 19.0 Å². The van der Waals surface area contributed by atoms with Crippen LogP contribution in [0.2, 0.25) is 0 Å². The molecule has 0 aliphatic carbocycles. The van der Waals surface area contributed by atoms with Gasteiger partial charge in [-0.15, -0.1) is 0 Å². The van der Waals surface area contributed by atoms with E-state index in [9.17, 15) is 22.8 Å². The number of likely N-dealkylation sites (N-methyl/N-ethyl adjacent to an activating group) is 1. The number of urea groups is 1. The van der Waals surface area contributed by atoms with E-state index in [4.69, 9.17) is 4.74 Å². The third-order valence-electron chi connectivity index (χ3n) is 7.09. The topological polar surface area (TPSA) is 108 Å². The van der Waals surface area contributed by atoms with Crippen LogP contribution in [-0.2, 0) is 0 Å². The second-order valence-corrected chi connectivity index (χ2v) is 10.5. The minimum Gasteiger partial charge on any atom is -0.483 e. The van der Waals surface area contributed by atoms with E-state index in [0.29, 0.717) is 42.0 Å². The van der Waals surface area contributed by atoms with Crippen LogP contribution < -0.4 is 10.1 Å². The number of hydrazone groups is 1. The number of hydrogen-bond donors (Lipinski definition) is 1. The zero-order valence-electron chi connectivity index (χ0n) is 23.6. The lowest BCUT2D eigenvalue weighted by Gasteiger charge is -2.41. The molecule has 3 amide bonds. The van der Waals surface area contributed by atoms with Crippen LogP contribution in [0.5, 0.6) is 5.75 Å². The van der Waals surface area contributed by atoms with Gasteiger partial charge in [-0.1, -0.05) is 0 Å². The lowest BCUT2D eigenvalue weighted by molar-refractivity contribution is 0.0256. The number of amides is 3. The minimum absolute atomic E-state index is 0.0751. The van der Waals surface area contributed by atoms with Crippen molar-refractivity contribution in [1.29, 1.82) is 0 Å². The predicted molar refractivity (Wildman–Crippen MR) is 147 cm³/mol. The molecule has 0 saturated carbocycles. The van der Waals surface area contributed by atoms with Crippen molar-refractivity contribution in [2.24, 2.45) is 5.10 Å². The van der Waals surface area contributed by atoms with Gasteiger partial charge in [0.25, 0.3) is 5.91 Å². The largest absolute Gasteiger partial charge is 0.483 e. The quantitative estimate of drug-likeness (QED) is 0.436. The van der Waals surface area contributed by atoms with Crippen molar-refractivity contribution in [2.75, 3.05) is 40.3 Å². The molecular weight excluding hydrogens is 553 g/mol. The van der Waals surface area contributed by atoms with Crippen LogP contribution in [0.4, 0.5) is 18.0 Å². The summed E-state index contributed by atoms with van der Waals surface area (Å²) >= 11 is 0. The predicted octanol–water partition coefficient (Wildman–Crippen LogP) is 3.21. The monoisotopic (exact) mass is 584 g/mol. The Morgan fingerprint density at radius 1 is 1.10 bits per heavy atom. The summed E-state index contributed by atoms with van der Waals surface area (Å²) in [6.45, 7) is 4.91. The molecule has 1 fully saturated rings. The maximum atomic E-state index is 14.7. The molecule has 222 valence electrons. The van der Waals surface area contributed by atoms with Gasteiger partial charge in [-0.25, -0.2) is 32.6 Å². The van der Waals surface area contributed by atoms with Crippen LogP contribution in [0, 0.1) is 31.3 Å². The summed E-state index contributed by atoms with van der Waals surface area (Å²) in [6.07, 6.45) is 2.35. The standard InChI is InChI=1S/C28H31F3N8O3/c1-16-26(27(40)32-7-8-36(3)4)17(2)38(35-16)25-12-24(22(31)13-33-25)42-21-14-37(15-21)28(41)39-23(5-6-34-39)18-9-19(29)11-20(30)10-18/h6,9-13,21,23H,5,7-8,14-15H2,1-4H3,(H,32,40). The number of benzene rings is 1. The van der Waals surface area contributed by atoms with Crippen LogP contribution >= 0.6 is 0 Å². The molecular formula is C28H31F3N8O3. The van der Waals surface area contributed by atoms with Crippen molar-refractivity contribution in [3.8, 4) is 11.6 Å². The number of likely N-dealkylation sites (tertiary alicyclic amines) is 1. The molecule has 0 bridgehead atoms. The highest BCUT2D eigenvalue weighted by Gasteiger charge is 2.39. The number of nitrogens with one attached hydrogen (secondary N) is 1. The van der Waals surface area contributed by atoms with E-state index < -0.39 is 35.6 Å². The first-order valence-electron chi connectivity index (χ1n) is 13.4. The number of rotatable bonds is 8. The molecule has 1 unspecified atom stereocenters. The molecule has 4 heterocycles. The van der Waals surface area contributed by atoms with Crippen molar-refractivity contribution in [3.05, 3.63) is 70.4 Å². The molecule has 0 radical (unpaired) electrons. The summed E-state index contributed by atoms with van der Waals surface area (Å²) in [7, 11) is 3.82. The van der Waals surface area contributed by atoms with Crippen molar-refractivity contribution < 1.29 is 27.5 Å². The Morgan fingerprint density at radius 2 is 1.81 bits per heavy atom. The fraction of sp³-hybridized carbons (Fsp3) is 0.393. The zero-order chi connectivity index (χ0) is 30.1. The van der Waals surface area contributed by atoms with Crippen LogP contribution in [-0.4, -0.2) is 94.1 Å². The molecule has 14 heteroatoms. The second-order valence-electron chi connectivity index (χ2n) is 10.5. The smallest absolute Gasteiger partial charge is 0.341 e. The number of halogens is 3. The molecule has 0 spiro atoms. The average Bonchev–Trinajstić information content (AvgIpc) is 3.50. The average molecular weight is 585 g/mol. The van der Waals surface area contributed by atoms with Crippen LogP contribution in [0.15, 0.2) is 35.6 Å². The molecule has 1 N–H and O–H groups in total. The highest BCUT2D eigenvalue weighted by molar-refractivity contribution is 5.96. The zero-order valence-corrected chi connectivity index (χ0v) is 23.6. The highest BCUT2D eigenvalue weighted by Crippen LogP contribution is 2.32. The maximum Gasteiger partial charge on any atom is 0.341 e. The Bertz CT molecular complexity index is 1520. The Labute approximate surface area is 240 Å². The second kappa shape index (κ2) is 11.8. The van der Waals surface area contributed by atoms with E-state index in [2.05, 4.69) is 20.5 Å². The molecule has 1 atom stereocenters. The molecule has 2 aromatic heterocycles. The summed E-state index contributed by atoms with van der Waals surface area (Å²) in [4.78, 5) is 33.4. The summed E-state index contributed by atoms with van der Waals surface area (Å²) in [5, 5.41) is 12.6. The first-order valence-corrected chi connectivity index (χ1v) is 13.4. The number of carbonyl (C=O) groups excluding carboxylic acids is 2. The first-order chi connectivity index (χ1) is 20.0. The Balaban J connectivity index is 1.23. The molecule has 1 saturated heterocycles. The van der Waals surface area contributed by atoms with Crippen molar-refractivity contribution in [3.63, 3.8) is 0 Å². The number of nitrogens with zero attached hydrogens (tertiary/aromatic N) is 7. The lowest BCUT2D eigenvalue weighted by Crippen LogP contribution is -2.58. The Hall–Kier alpha value is -4.46. The minimum atomic E-state index is -0.736. The van der Waals surface area contributed by atoms with Gasteiger partial charge in [0.1, 0.15) is 17.7 Å². The van der Waals surface area contributed by atoms with Gasteiger partial charge in [-0.2, -0.15) is 10.2 Å². The number of pyridine rings is 1. The number of carbonyl (C=O) groups is 2. The van der Waals surface area contributed by atoms with E-state index >= 15 is 0 Å². The Morgan fingerprint density at radius 3 is 2.50 bits per heavy atom. The number of aryl methyl sites for hydroxylation is 1. The van der Waals surface area contributed by atoms with Gasteiger partial charge in [0, 0.05) is 37.9 Å². The van der Waals surface area contributed by atoms with Gasteiger partial charge in [0.2, 0.25) is 0 Å². The van der Waals surface area contributed by atoms with Crippen molar-refractivity contribution in [2.45, 2.75) is 32.4 Å². The van der Waals surface area contributed by atoms with Crippen molar-refractivity contribution in [1.82, 2.24) is 34.9 Å². The van der Waals surface area contributed by atoms with Gasteiger partial charge < -0.3 is 19.9 Å². The van der Waals surface area contributed by atoms with Gasteiger partial charge in [0.05, 0.1) is 42.3 Å². The summed E-state index contributed by atoms with van der Waals surface area (Å²) < 4.78 is 49.5. The number of ether oxygens (including phenoxy) is 1. The summed E-state index contributed by atoms with van der Waals surface area (Å²) in [5.41, 5.74) is 1.76. The fourth-order valence-electron chi connectivity index (χ4n) is 4.93. The molecule has 3 aromatic rings. The molecule has 2 aliphatic heterocycles. The van der Waals surface area contributed by atoms with E-state index in [-0.39, 0.29) is 30.6 Å². The van der Waals surface area contributed by atoms with Gasteiger partial charge in [-0.3, -0.25) is 4.79 Å². The summed E-state index contributed by atoms with van der Waals surface area (Å²) in [6, 6.07) is 3.43. The number of aromatic nitrogens is 3. The van der Waals surface area contributed by atoms with E-state index in [1.165, 1.54) is 39.0 Å². The maximum absolute atomic E-state index is 14.7. The summed E-state index contributed by atoms with van der Waals surface area (Å²) in [5.74, 6) is -2.23. The van der Waals surface area contributed by atoms with Gasteiger partial charge in [-0.05, 0) is 45.6 Å². The Kier molecular flexibility index (Phi) is 8.16. The first kappa shape index (κ1) is 29.0. The van der Waals surface area contributed by atoms with Crippen LogP contribution in [0.25, 0.3) is 5.82 Å². The third kappa shape index (κ3) is 5.93. The molecule has 1 aromatic carbocycles. The lowest BCUT2D eigenvalue weighted by atomic mass is 10.0. The molecule has 42 heavy (non-hydrogen) atoms. The van der Waals surface area contributed by atoms with E-state index in [0.717, 1.165) is 12.3 Å². The van der Waals surface area contributed by atoms with Crippen molar-refractivity contribution >= 4 is 18.2 Å². The van der Waals surface area contributed by atoms with Gasteiger partial charge >= 0.3 is 6.03 Å². The van der Waals surface area contributed by atoms with Crippen LogP contribution in [0.3, 0.4) is 0 Å². The highest BCUT2D eigenvalue weighted by atomic mass is 19.1. The fourth-order valence-corrected chi connectivity index (χ4v) is 4.93. The molecule has 5 rings (SSSR count). The third-order valence-corrected chi connectivity index (χ3v) is 7.09. The molecule has 11 nitrogen and oxygen atoms in total. The SMILES string of the molecule is Cc1nn(-c2cc(OC3CN(C(=O)N4N=CCC4c4cc(F)cc(F)c4)C3)c(F)cn2)c(C)c1C(=O)NCCN(C)C.